The maximum absolute atomic E-state index is 3.89. The molecule has 7 heteroatoms. The van der Waals surface area contributed by atoms with Crippen molar-refractivity contribution in [1.82, 2.24) is 30.2 Å². The van der Waals surface area contributed by atoms with Crippen molar-refractivity contribution in [2.45, 2.75) is 6.54 Å². The van der Waals surface area contributed by atoms with Gasteiger partial charge in [0.1, 0.15) is 0 Å². The minimum Gasteiger partial charge on any atom is -0.347 e. The molecule has 13 heavy (non-hydrogen) atoms. The number of nitrogens with one attached hydrogen (secondary N) is 2. The number of hydrogen-bond donors (Lipinski definition) is 2. The van der Waals surface area contributed by atoms with Crippen LogP contribution in [0, 0.1) is 0 Å². The van der Waals surface area contributed by atoms with Crippen LogP contribution in [0.5, 0.6) is 0 Å². The van der Waals surface area contributed by atoms with E-state index in [9.17, 15) is 0 Å². The molecule has 2 aromatic heterocycles. The molecular formula is C6H9N7. The Morgan fingerprint density at radius 1 is 1.62 bits per heavy atom. The van der Waals surface area contributed by atoms with Gasteiger partial charge in [0.15, 0.2) is 0 Å². The molecule has 2 N–H and O–H groups in total. The van der Waals surface area contributed by atoms with Crippen LogP contribution < -0.4 is 5.32 Å². The van der Waals surface area contributed by atoms with Crippen molar-refractivity contribution < 1.29 is 0 Å². The van der Waals surface area contributed by atoms with E-state index in [2.05, 4.69) is 30.8 Å². The summed E-state index contributed by atoms with van der Waals surface area (Å²) in [6, 6.07) is 0. The number of imidazole rings is 1. The molecule has 0 aliphatic rings. The molecule has 0 aliphatic heterocycles. The average molecular weight is 179 g/mol. The molecule has 0 bridgehead atoms. The molecule has 68 valence electrons. The minimum atomic E-state index is 0.633. The second kappa shape index (κ2) is 3.21. The van der Waals surface area contributed by atoms with E-state index in [1.807, 2.05) is 0 Å². The van der Waals surface area contributed by atoms with Gasteiger partial charge >= 0.3 is 0 Å². The third-order valence-electron chi connectivity index (χ3n) is 1.61. The van der Waals surface area contributed by atoms with Crippen LogP contribution in [0.3, 0.4) is 0 Å². The van der Waals surface area contributed by atoms with Crippen LogP contribution in [0.4, 0.5) is 5.95 Å². The van der Waals surface area contributed by atoms with Crippen molar-refractivity contribution in [3.63, 3.8) is 0 Å². The summed E-state index contributed by atoms with van der Waals surface area (Å²) in [6.45, 7) is 0.633. The predicted octanol–water partition coefficient (Wildman–Crippen LogP) is -0.455. The lowest BCUT2D eigenvalue weighted by Gasteiger charge is -2.00. The number of aromatic amines is 1. The monoisotopic (exact) mass is 179 g/mol. The lowest BCUT2D eigenvalue weighted by Crippen LogP contribution is -2.05. The molecule has 0 radical (unpaired) electrons. The van der Waals surface area contributed by atoms with E-state index in [1.165, 1.54) is 0 Å². The Labute approximate surface area is 74.2 Å². The van der Waals surface area contributed by atoms with Crippen LogP contribution in [0.15, 0.2) is 12.5 Å². The number of aromatic nitrogens is 6. The summed E-state index contributed by atoms with van der Waals surface area (Å²) in [5.74, 6) is 0.634. The van der Waals surface area contributed by atoms with Gasteiger partial charge in [-0.15, -0.1) is 0 Å². The topological polar surface area (TPSA) is 84.3 Å². The molecule has 0 aromatic carbocycles. The van der Waals surface area contributed by atoms with Gasteiger partial charge in [-0.3, -0.25) is 0 Å². The fourth-order valence-corrected chi connectivity index (χ4v) is 0.935. The Kier molecular flexibility index (Phi) is 1.91. The maximum Gasteiger partial charge on any atom is 0.242 e. The Bertz CT molecular complexity index is 362. The van der Waals surface area contributed by atoms with Crippen LogP contribution in [0.25, 0.3) is 0 Å². The highest BCUT2D eigenvalue weighted by Gasteiger charge is 2.00. The molecule has 0 spiro atoms. The van der Waals surface area contributed by atoms with Crippen LogP contribution in [0.2, 0.25) is 0 Å². The number of H-pyrrole nitrogens is 1. The highest BCUT2D eigenvalue weighted by atomic mass is 15.6. The summed E-state index contributed by atoms with van der Waals surface area (Å²) < 4.78 is 1.57. The van der Waals surface area contributed by atoms with Crippen LogP contribution >= 0.6 is 0 Å². The first-order valence-corrected chi connectivity index (χ1v) is 3.80. The first-order chi connectivity index (χ1) is 6.36. The Morgan fingerprint density at radius 3 is 3.15 bits per heavy atom. The van der Waals surface area contributed by atoms with Gasteiger partial charge in [-0.05, 0) is 10.4 Å². The summed E-state index contributed by atoms with van der Waals surface area (Å²) in [4.78, 5) is 6.86. The SMILES string of the molecule is Cn1nnnc1NCc1cnc[nH]1. The lowest BCUT2D eigenvalue weighted by molar-refractivity contribution is 0.712. The first kappa shape index (κ1) is 7.71. The highest BCUT2D eigenvalue weighted by molar-refractivity contribution is 5.22. The summed E-state index contributed by atoms with van der Waals surface area (Å²) in [6.07, 6.45) is 3.38. The molecule has 0 aliphatic carbocycles. The standard InChI is InChI=1S/C6H9N7/c1-13-6(10-11-12-13)8-3-5-2-7-4-9-5/h2,4H,3H2,1H3,(H,7,9)(H,8,10,12). The molecular weight excluding hydrogens is 170 g/mol. The number of anilines is 1. The van der Waals surface area contributed by atoms with Gasteiger partial charge in [0, 0.05) is 13.2 Å². The van der Waals surface area contributed by atoms with Crippen molar-refractivity contribution in [2.24, 2.45) is 7.05 Å². The zero-order chi connectivity index (χ0) is 9.10. The van der Waals surface area contributed by atoms with Crippen LogP contribution in [-0.4, -0.2) is 30.2 Å². The zero-order valence-corrected chi connectivity index (χ0v) is 7.10. The minimum absolute atomic E-state index is 0.633. The molecule has 7 nitrogen and oxygen atoms in total. The van der Waals surface area contributed by atoms with Gasteiger partial charge in [0.2, 0.25) is 5.95 Å². The largest absolute Gasteiger partial charge is 0.347 e. The Morgan fingerprint density at radius 2 is 2.54 bits per heavy atom. The smallest absolute Gasteiger partial charge is 0.242 e. The average Bonchev–Trinajstić information content (AvgIpc) is 2.72. The van der Waals surface area contributed by atoms with E-state index in [4.69, 9.17) is 0 Å². The van der Waals surface area contributed by atoms with Crippen molar-refractivity contribution in [3.05, 3.63) is 18.2 Å². The van der Waals surface area contributed by atoms with E-state index in [1.54, 1.807) is 24.3 Å². The van der Waals surface area contributed by atoms with Gasteiger partial charge in [0.05, 0.1) is 18.6 Å². The second-order valence-electron chi connectivity index (χ2n) is 2.56. The number of rotatable bonds is 3. The number of nitrogens with zero attached hydrogens (tertiary/aromatic N) is 5. The summed E-state index contributed by atoms with van der Waals surface area (Å²) in [7, 11) is 1.77. The molecule has 2 heterocycles. The van der Waals surface area contributed by atoms with Crippen molar-refractivity contribution >= 4 is 5.95 Å². The quantitative estimate of drug-likeness (QED) is 0.666. The van der Waals surface area contributed by atoms with E-state index in [0.29, 0.717) is 12.5 Å². The molecule has 0 fully saturated rings. The summed E-state index contributed by atoms with van der Waals surface area (Å²) in [5, 5.41) is 14.0. The molecule has 0 saturated heterocycles. The number of hydrogen-bond acceptors (Lipinski definition) is 5. The number of aryl methyl sites for hydroxylation is 1. The van der Waals surface area contributed by atoms with E-state index < -0.39 is 0 Å². The Hall–Kier alpha value is -1.92. The van der Waals surface area contributed by atoms with Gasteiger partial charge in [0.25, 0.3) is 0 Å². The van der Waals surface area contributed by atoms with Crippen LogP contribution in [0.1, 0.15) is 5.69 Å². The van der Waals surface area contributed by atoms with Gasteiger partial charge < -0.3 is 10.3 Å². The third-order valence-corrected chi connectivity index (χ3v) is 1.61. The second-order valence-corrected chi connectivity index (χ2v) is 2.56. The lowest BCUT2D eigenvalue weighted by atomic mass is 10.5. The fourth-order valence-electron chi connectivity index (χ4n) is 0.935. The predicted molar refractivity (Wildman–Crippen MR) is 44.7 cm³/mol. The van der Waals surface area contributed by atoms with E-state index in [0.717, 1.165) is 5.69 Å². The summed E-state index contributed by atoms with van der Waals surface area (Å²) in [5.41, 5.74) is 0.989. The molecule has 0 atom stereocenters. The maximum atomic E-state index is 3.89. The summed E-state index contributed by atoms with van der Waals surface area (Å²) >= 11 is 0. The van der Waals surface area contributed by atoms with Gasteiger partial charge in [-0.2, -0.15) is 0 Å². The zero-order valence-electron chi connectivity index (χ0n) is 7.10. The van der Waals surface area contributed by atoms with Gasteiger partial charge in [-0.25, -0.2) is 9.67 Å². The van der Waals surface area contributed by atoms with Crippen molar-refractivity contribution in [3.8, 4) is 0 Å². The molecule has 0 saturated carbocycles. The van der Waals surface area contributed by atoms with E-state index in [-0.39, 0.29) is 0 Å². The molecule has 0 amide bonds. The first-order valence-electron chi connectivity index (χ1n) is 3.80. The van der Waals surface area contributed by atoms with Crippen molar-refractivity contribution in [1.29, 1.82) is 0 Å². The highest BCUT2D eigenvalue weighted by Crippen LogP contribution is 1.99. The van der Waals surface area contributed by atoms with Crippen molar-refractivity contribution in [2.75, 3.05) is 5.32 Å². The Balaban J connectivity index is 1.97. The molecule has 2 rings (SSSR count). The third kappa shape index (κ3) is 1.63. The molecule has 2 aromatic rings. The molecule has 0 unspecified atom stereocenters. The fraction of sp³-hybridized carbons (Fsp3) is 0.333. The van der Waals surface area contributed by atoms with Crippen LogP contribution in [-0.2, 0) is 13.6 Å². The number of tetrazole rings is 1. The normalized spacial score (nSPS) is 10.2. The van der Waals surface area contributed by atoms with Gasteiger partial charge in [-0.1, -0.05) is 5.10 Å². The van der Waals surface area contributed by atoms with E-state index >= 15 is 0 Å².